The van der Waals surface area contributed by atoms with Gasteiger partial charge in [0.15, 0.2) is 0 Å². The summed E-state index contributed by atoms with van der Waals surface area (Å²) in [5.74, 6) is 1.30. The van der Waals surface area contributed by atoms with E-state index in [2.05, 4.69) is 65.9 Å². The van der Waals surface area contributed by atoms with Crippen molar-refractivity contribution in [1.29, 1.82) is 0 Å². The van der Waals surface area contributed by atoms with Gasteiger partial charge in [-0.15, -0.1) is 0 Å². The molecule has 2 heteroatoms. The number of alkyl halides is 1. The SMILES string of the molecule is BrCCc1ccc([C]2[CH][CH][CH][CH]2)cc1.[CH]1[CH][CH][CH][CH]1.[Fe+2]. The molecule has 20 heavy (non-hydrogen) atoms. The Morgan fingerprint density at radius 1 is 0.700 bits per heavy atom. The van der Waals surface area contributed by atoms with E-state index in [-0.39, 0.29) is 17.1 Å². The molecule has 2 saturated carbocycles. The molecule has 0 amide bonds. The molecule has 2 fully saturated rings. The van der Waals surface area contributed by atoms with Crippen molar-refractivity contribution in [3.63, 3.8) is 0 Å². The van der Waals surface area contributed by atoms with E-state index in [4.69, 9.17) is 0 Å². The molecule has 1 aromatic rings. The Balaban J connectivity index is 0.000000283. The van der Waals surface area contributed by atoms with Crippen molar-refractivity contribution >= 4 is 15.9 Å². The summed E-state index contributed by atoms with van der Waals surface area (Å²) in [6.07, 6.45) is 19.5. The Hall–Kier alpha value is 0.219. The summed E-state index contributed by atoms with van der Waals surface area (Å²) in [5, 5.41) is 1.03. The van der Waals surface area contributed by atoms with E-state index in [0.29, 0.717) is 0 Å². The summed E-state index contributed by atoms with van der Waals surface area (Å²) in [6, 6.07) is 8.77. The van der Waals surface area contributed by atoms with E-state index in [1.165, 1.54) is 17.0 Å². The second-order valence-electron chi connectivity index (χ2n) is 4.27. The van der Waals surface area contributed by atoms with Gasteiger partial charge < -0.3 is 0 Å². The molecule has 0 saturated heterocycles. The molecule has 2 aliphatic rings. The first-order valence-corrected chi connectivity index (χ1v) is 7.56. The third-order valence-corrected chi connectivity index (χ3v) is 3.29. The fourth-order valence-corrected chi connectivity index (χ4v) is 2.32. The van der Waals surface area contributed by atoms with Crippen molar-refractivity contribution in [3.05, 3.63) is 99.1 Å². The molecular weight excluding hydrogens is 352 g/mol. The Bertz CT molecular complexity index is 329. The van der Waals surface area contributed by atoms with Crippen molar-refractivity contribution in [2.24, 2.45) is 0 Å². The molecule has 0 aromatic heterocycles. The number of halogens is 1. The van der Waals surface area contributed by atoms with Crippen LogP contribution in [-0.2, 0) is 23.5 Å². The summed E-state index contributed by atoms with van der Waals surface area (Å²) in [6.45, 7) is 0. The number of benzene rings is 1. The van der Waals surface area contributed by atoms with Gasteiger partial charge in [0.2, 0.25) is 0 Å². The smallest absolute Gasteiger partial charge is 0.0924 e. The summed E-state index contributed by atoms with van der Waals surface area (Å²) in [7, 11) is 0. The number of hydrogen-bond donors (Lipinski definition) is 0. The van der Waals surface area contributed by atoms with Gasteiger partial charge >= 0.3 is 17.1 Å². The standard InChI is InChI=1S/C13H12Br.C5H5.Fe/c14-10-9-11-5-7-13(8-6-11)12-3-1-2-4-12;1-2-4-5-3-1;/h1-8H,9-10H2;1-5H;/q;;+2. The zero-order chi connectivity index (χ0) is 13.3. The maximum Gasteiger partial charge on any atom is 2.00 e. The van der Waals surface area contributed by atoms with Crippen molar-refractivity contribution in [2.75, 3.05) is 5.33 Å². The minimum absolute atomic E-state index is 0. The van der Waals surface area contributed by atoms with Crippen LogP contribution in [0.15, 0.2) is 24.3 Å². The van der Waals surface area contributed by atoms with E-state index < -0.39 is 0 Å². The molecule has 0 nitrogen and oxygen atoms in total. The van der Waals surface area contributed by atoms with Gasteiger partial charge in [-0.25, -0.2) is 0 Å². The van der Waals surface area contributed by atoms with Gasteiger partial charge in [-0.05, 0) is 75.3 Å². The molecule has 2 aliphatic carbocycles. The van der Waals surface area contributed by atoms with Crippen LogP contribution in [0.2, 0.25) is 0 Å². The van der Waals surface area contributed by atoms with Gasteiger partial charge in [0, 0.05) is 11.2 Å². The Kier molecular flexibility index (Phi) is 9.93. The second kappa shape index (κ2) is 10.9. The minimum Gasteiger partial charge on any atom is -0.0924 e. The van der Waals surface area contributed by atoms with Gasteiger partial charge in [-0.1, -0.05) is 40.2 Å². The second-order valence-corrected chi connectivity index (χ2v) is 5.06. The molecular formula is C18H17BrFe+2. The summed E-state index contributed by atoms with van der Waals surface area (Å²) >= 11 is 3.44. The predicted molar refractivity (Wildman–Crippen MR) is 85.0 cm³/mol. The van der Waals surface area contributed by atoms with Crippen LogP contribution in [0.1, 0.15) is 11.1 Å². The summed E-state index contributed by atoms with van der Waals surface area (Å²) < 4.78 is 0. The fourth-order valence-electron chi connectivity index (χ4n) is 1.86. The minimum atomic E-state index is 0. The van der Waals surface area contributed by atoms with Crippen LogP contribution in [0.3, 0.4) is 0 Å². The van der Waals surface area contributed by atoms with Crippen LogP contribution >= 0.6 is 15.9 Å². The van der Waals surface area contributed by atoms with Crippen molar-refractivity contribution in [2.45, 2.75) is 6.42 Å². The molecule has 0 spiro atoms. The molecule has 0 bridgehead atoms. The first-order chi connectivity index (χ1) is 9.40. The summed E-state index contributed by atoms with van der Waals surface area (Å²) in [4.78, 5) is 0. The van der Waals surface area contributed by atoms with Crippen LogP contribution in [0, 0.1) is 63.7 Å². The third kappa shape index (κ3) is 6.33. The van der Waals surface area contributed by atoms with Gasteiger partial charge in [0.1, 0.15) is 0 Å². The van der Waals surface area contributed by atoms with E-state index in [1.54, 1.807) is 0 Å². The van der Waals surface area contributed by atoms with Gasteiger partial charge in [-0.3, -0.25) is 0 Å². The van der Waals surface area contributed by atoms with Crippen molar-refractivity contribution in [1.82, 2.24) is 0 Å². The van der Waals surface area contributed by atoms with Gasteiger partial charge in [-0.2, -0.15) is 0 Å². The van der Waals surface area contributed by atoms with Crippen LogP contribution in [-0.4, -0.2) is 5.33 Å². The molecule has 0 heterocycles. The molecule has 102 valence electrons. The molecule has 0 atom stereocenters. The van der Waals surface area contributed by atoms with Gasteiger partial charge in [0.25, 0.3) is 0 Å². The van der Waals surface area contributed by atoms with Crippen LogP contribution in [0.5, 0.6) is 0 Å². The average molecular weight is 369 g/mol. The molecule has 10 radical (unpaired) electrons. The number of rotatable bonds is 3. The zero-order valence-corrected chi connectivity index (χ0v) is 13.8. The van der Waals surface area contributed by atoms with Crippen molar-refractivity contribution in [3.8, 4) is 0 Å². The number of aryl methyl sites for hydroxylation is 1. The normalized spacial score (nSPS) is 18.2. The first kappa shape index (κ1) is 18.3. The maximum atomic E-state index is 3.44. The molecule has 0 unspecified atom stereocenters. The van der Waals surface area contributed by atoms with E-state index >= 15 is 0 Å². The van der Waals surface area contributed by atoms with Crippen molar-refractivity contribution < 1.29 is 17.1 Å². The van der Waals surface area contributed by atoms with E-state index in [0.717, 1.165) is 11.8 Å². The Morgan fingerprint density at radius 3 is 1.65 bits per heavy atom. The van der Waals surface area contributed by atoms with Gasteiger partial charge in [0.05, 0.1) is 0 Å². The molecule has 1 aromatic carbocycles. The van der Waals surface area contributed by atoms with Crippen LogP contribution in [0.25, 0.3) is 0 Å². The zero-order valence-electron chi connectivity index (χ0n) is 11.2. The summed E-state index contributed by atoms with van der Waals surface area (Å²) in [5.41, 5.74) is 2.69. The Labute approximate surface area is 143 Å². The van der Waals surface area contributed by atoms with E-state index in [9.17, 15) is 0 Å². The third-order valence-electron chi connectivity index (χ3n) is 2.89. The topological polar surface area (TPSA) is 0 Å². The maximum absolute atomic E-state index is 3.44. The average Bonchev–Trinajstić information content (AvgIpc) is 3.16. The van der Waals surface area contributed by atoms with E-state index in [1.807, 2.05) is 32.1 Å². The van der Waals surface area contributed by atoms with Crippen LogP contribution in [0.4, 0.5) is 0 Å². The molecule has 0 N–H and O–H groups in total. The molecule has 3 rings (SSSR count). The quantitative estimate of drug-likeness (QED) is 0.548. The molecule has 0 aliphatic heterocycles. The Morgan fingerprint density at radius 2 is 1.20 bits per heavy atom. The largest absolute Gasteiger partial charge is 2.00 e. The predicted octanol–water partition coefficient (Wildman–Crippen LogP) is 4.40. The first-order valence-electron chi connectivity index (χ1n) is 6.44. The number of hydrogen-bond acceptors (Lipinski definition) is 0. The fraction of sp³-hybridized carbons (Fsp3) is 0.111. The monoisotopic (exact) mass is 368 g/mol. The van der Waals surface area contributed by atoms with Crippen LogP contribution < -0.4 is 0 Å².